The van der Waals surface area contributed by atoms with Crippen LogP contribution in [0.25, 0.3) is 0 Å². The number of ketones is 1. The second kappa shape index (κ2) is 5.71. The van der Waals surface area contributed by atoms with E-state index >= 15 is 0 Å². The number of rotatable bonds is 4. The van der Waals surface area contributed by atoms with Gasteiger partial charge in [0.05, 0.1) is 10.7 Å². The van der Waals surface area contributed by atoms with E-state index in [1.54, 1.807) is 22.6 Å². The third-order valence-electron chi connectivity index (χ3n) is 2.66. The van der Waals surface area contributed by atoms with Crippen LogP contribution in [0.1, 0.15) is 23.0 Å². The molecule has 0 N–H and O–H groups in total. The first-order chi connectivity index (χ1) is 8.67. The van der Waals surface area contributed by atoms with E-state index in [9.17, 15) is 4.79 Å². The fourth-order valence-electron chi connectivity index (χ4n) is 1.71. The quantitative estimate of drug-likeness (QED) is 0.636. The van der Waals surface area contributed by atoms with Crippen molar-refractivity contribution in [1.82, 2.24) is 9.78 Å². The summed E-state index contributed by atoms with van der Waals surface area (Å²) >= 11 is 5.04. The smallest absolute Gasteiger partial charge is 0.212 e. The Morgan fingerprint density at radius 3 is 2.61 bits per heavy atom. The van der Waals surface area contributed by atoms with Crippen LogP contribution >= 0.6 is 27.7 Å². The first-order valence-corrected chi connectivity index (χ1v) is 7.59. The number of carbonyl (C=O) groups excluding carboxylic acids is 1. The van der Waals surface area contributed by atoms with Crippen molar-refractivity contribution in [2.45, 2.75) is 18.4 Å². The van der Waals surface area contributed by atoms with E-state index in [0.717, 1.165) is 9.37 Å². The zero-order valence-electron chi connectivity index (χ0n) is 10.2. The van der Waals surface area contributed by atoms with Gasteiger partial charge in [-0.25, -0.2) is 0 Å². The van der Waals surface area contributed by atoms with Gasteiger partial charge in [-0.15, -0.1) is 11.8 Å². The van der Waals surface area contributed by atoms with Gasteiger partial charge in [-0.3, -0.25) is 9.48 Å². The summed E-state index contributed by atoms with van der Waals surface area (Å²) in [7, 11) is 0. The van der Waals surface area contributed by atoms with Gasteiger partial charge in [0.1, 0.15) is 5.69 Å². The minimum absolute atomic E-state index is 0.00567. The average molecular weight is 325 g/mol. The molecule has 0 aliphatic rings. The summed E-state index contributed by atoms with van der Waals surface area (Å²) in [4.78, 5) is 13.6. The Balaban J connectivity index is 2.38. The van der Waals surface area contributed by atoms with E-state index in [2.05, 4.69) is 21.0 Å². The van der Waals surface area contributed by atoms with Crippen molar-refractivity contribution in [3.63, 3.8) is 0 Å². The molecule has 0 spiro atoms. The topological polar surface area (TPSA) is 34.9 Å². The van der Waals surface area contributed by atoms with Gasteiger partial charge in [0, 0.05) is 17.0 Å². The van der Waals surface area contributed by atoms with Crippen LogP contribution in [0.3, 0.4) is 0 Å². The SMILES string of the molecule is CCn1ncc(Br)c1C(=O)c1ccc(SC)cc1. The zero-order valence-corrected chi connectivity index (χ0v) is 12.6. The minimum atomic E-state index is -0.00567. The van der Waals surface area contributed by atoms with Crippen LogP contribution in [-0.2, 0) is 6.54 Å². The molecule has 94 valence electrons. The van der Waals surface area contributed by atoms with Crippen LogP contribution in [-0.4, -0.2) is 21.8 Å². The molecule has 0 amide bonds. The van der Waals surface area contributed by atoms with Gasteiger partial charge in [-0.2, -0.15) is 5.10 Å². The Hall–Kier alpha value is -1.07. The molecule has 0 unspecified atom stereocenters. The summed E-state index contributed by atoms with van der Waals surface area (Å²) in [5.74, 6) is -0.00567. The molecule has 5 heteroatoms. The number of carbonyl (C=O) groups is 1. The molecule has 3 nitrogen and oxygen atoms in total. The normalized spacial score (nSPS) is 10.6. The predicted molar refractivity (Wildman–Crippen MR) is 77.3 cm³/mol. The summed E-state index contributed by atoms with van der Waals surface area (Å²) in [6, 6.07) is 7.62. The van der Waals surface area contributed by atoms with Crippen LogP contribution in [0.5, 0.6) is 0 Å². The lowest BCUT2D eigenvalue weighted by molar-refractivity contribution is 0.102. The van der Waals surface area contributed by atoms with Gasteiger partial charge >= 0.3 is 0 Å². The molecule has 0 saturated heterocycles. The summed E-state index contributed by atoms with van der Waals surface area (Å²) < 4.78 is 2.44. The van der Waals surface area contributed by atoms with Gasteiger partial charge in [-0.1, -0.05) is 0 Å². The monoisotopic (exact) mass is 324 g/mol. The van der Waals surface area contributed by atoms with Crippen molar-refractivity contribution in [2.24, 2.45) is 0 Å². The maximum Gasteiger partial charge on any atom is 0.212 e. The molecule has 2 aromatic rings. The Morgan fingerprint density at radius 1 is 1.39 bits per heavy atom. The fourth-order valence-corrected chi connectivity index (χ4v) is 2.59. The second-order valence-corrected chi connectivity index (χ2v) is 5.45. The number of hydrogen-bond donors (Lipinski definition) is 0. The predicted octanol–water partition coefficient (Wildman–Crippen LogP) is 3.62. The number of aryl methyl sites for hydroxylation is 1. The second-order valence-electron chi connectivity index (χ2n) is 3.71. The lowest BCUT2D eigenvalue weighted by Crippen LogP contribution is -2.11. The zero-order chi connectivity index (χ0) is 13.1. The lowest BCUT2D eigenvalue weighted by Gasteiger charge is -2.05. The number of halogens is 1. The van der Waals surface area contributed by atoms with Crippen molar-refractivity contribution < 1.29 is 4.79 Å². The van der Waals surface area contributed by atoms with E-state index in [4.69, 9.17) is 0 Å². The number of hydrogen-bond acceptors (Lipinski definition) is 3. The van der Waals surface area contributed by atoms with E-state index in [1.165, 1.54) is 0 Å². The Labute approximate surface area is 119 Å². The molecule has 0 bridgehead atoms. The van der Waals surface area contributed by atoms with Gasteiger partial charge in [0.25, 0.3) is 0 Å². The largest absolute Gasteiger partial charge is 0.287 e. The first kappa shape index (κ1) is 13.4. The molecular formula is C13H13BrN2OS. The van der Waals surface area contributed by atoms with E-state index in [-0.39, 0.29) is 5.78 Å². The molecule has 0 saturated carbocycles. The highest BCUT2D eigenvalue weighted by molar-refractivity contribution is 9.10. The Kier molecular flexibility index (Phi) is 4.24. The summed E-state index contributed by atoms with van der Waals surface area (Å²) in [6.45, 7) is 2.64. The standard InChI is InChI=1S/C13H13BrN2OS/c1-3-16-12(11(14)8-15-16)13(17)9-4-6-10(18-2)7-5-9/h4-8H,3H2,1-2H3. The van der Waals surface area contributed by atoms with Crippen LogP contribution in [0.15, 0.2) is 39.8 Å². The Bertz CT molecular complexity index is 563. The molecule has 0 atom stereocenters. The van der Waals surface area contributed by atoms with E-state index in [0.29, 0.717) is 17.8 Å². The molecule has 1 aromatic carbocycles. The van der Waals surface area contributed by atoms with Crippen molar-refractivity contribution >= 4 is 33.5 Å². The lowest BCUT2D eigenvalue weighted by atomic mass is 10.1. The van der Waals surface area contributed by atoms with E-state index < -0.39 is 0 Å². The third kappa shape index (κ3) is 2.52. The number of benzene rings is 1. The van der Waals surface area contributed by atoms with Crippen molar-refractivity contribution in [2.75, 3.05) is 6.26 Å². The number of nitrogens with zero attached hydrogens (tertiary/aromatic N) is 2. The van der Waals surface area contributed by atoms with Crippen molar-refractivity contribution in [1.29, 1.82) is 0 Å². The summed E-state index contributed by atoms with van der Waals surface area (Å²) in [5, 5.41) is 4.16. The van der Waals surface area contributed by atoms with Gasteiger partial charge in [-0.05, 0) is 53.4 Å². The molecule has 1 heterocycles. The maximum atomic E-state index is 12.4. The van der Waals surface area contributed by atoms with Crippen LogP contribution in [0, 0.1) is 0 Å². The van der Waals surface area contributed by atoms with Crippen LogP contribution in [0.2, 0.25) is 0 Å². The number of thioether (sulfide) groups is 1. The molecular weight excluding hydrogens is 312 g/mol. The molecule has 18 heavy (non-hydrogen) atoms. The highest BCUT2D eigenvalue weighted by Gasteiger charge is 2.17. The molecule has 0 fully saturated rings. The molecule has 2 rings (SSSR count). The Morgan fingerprint density at radius 2 is 2.06 bits per heavy atom. The maximum absolute atomic E-state index is 12.4. The van der Waals surface area contributed by atoms with Crippen molar-refractivity contribution in [3.8, 4) is 0 Å². The van der Waals surface area contributed by atoms with Crippen LogP contribution < -0.4 is 0 Å². The molecule has 0 radical (unpaired) electrons. The fraction of sp³-hybridized carbons (Fsp3) is 0.231. The summed E-state index contributed by atoms with van der Waals surface area (Å²) in [6.07, 6.45) is 3.67. The van der Waals surface area contributed by atoms with Gasteiger partial charge in [0.2, 0.25) is 5.78 Å². The first-order valence-electron chi connectivity index (χ1n) is 5.57. The summed E-state index contributed by atoms with van der Waals surface area (Å²) in [5.41, 5.74) is 1.29. The molecule has 0 aliphatic heterocycles. The third-order valence-corrected chi connectivity index (χ3v) is 3.99. The minimum Gasteiger partial charge on any atom is -0.287 e. The number of aromatic nitrogens is 2. The average Bonchev–Trinajstić information content (AvgIpc) is 2.79. The highest BCUT2D eigenvalue weighted by Crippen LogP contribution is 2.21. The molecule has 1 aromatic heterocycles. The molecule has 0 aliphatic carbocycles. The van der Waals surface area contributed by atoms with Gasteiger partial charge in [0.15, 0.2) is 0 Å². The van der Waals surface area contributed by atoms with Gasteiger partial charge < -0.3 is 0 Å². The van der Waals surface area contributed by atoms with Crippen molar-refractivity contribution in [3.05, 3.63) is 46.2 Å². The van der Waals surface area contributed by atoms with E-state index in [1.807, 2.05) is 37.4 Å². The highest BCUT2D eigenvalue weighted by atomic mass is 79.9. The van der Waals surface area contributed by atoms with Crippen LogP contribution in [0.4, 0.5) is 0 Å².